The van der Waals surface area contributed by atoms with Crippen molar-refractivity contribution in [3.05, 3.63) is 76.5 Å². The lowest BCUT2D eigenvalue weighted by Crippen LogP contribution is -2.16. The van der Waals surface area contributed by atoms with Crippen LogP contribution in [0.1, 0.15) is 34.9 Å². The van der Waals surface area contributed by atoms with Crippen LogP contribution >= 0.6 is 0 Å². The third-order valence-electron chi connectivity index (χ3n) is 4.92. The second-order valence-electron chi connectivity index (χ2n) is 6.87. The van der Waals surface area contributed by atoms with Crippen molar-refractivity contribution in [2.75, 3.05) is 6.54 Å². The lowest BCUT2D eigenvalue weighted by molar-refractivity contribution is -0.113. The minimum absolute atomic E-state index is 0.431. The van der Waals surface area contributed by atoms with Crippen molar-refractivity contribution < 1.29 is 4.79 Å². The quantitative estimate of drug-likeness (QED) is 0.421. The molecule has 2 aromatic carbocycles. The van der Waals surface area contributed by atoms with Crippen molar-refractivity contribution in [2.24, 2.45) is 5.73 Å². The van der Waals surface area contributed by atoms with Gasteiger partial charge in [-0.25, -0.2) is 0 Å². The first kappa shape index (κ1) is 18.9. The number of fused-ring (bicyclic) bond motifs is 1. The second kappa shape index (κ2) is 8.69. The molecule has 0 aliphatic rings. The molecule has 0 aliphatic heterocycles. The Labute approximate surface area is 160 Å². The molecule has 4 heteroatoms. The third-order valence-corrected chi connectivity index (χ3v) is 4.92. The first-order valence-electron chi connectivity index (χ1n) is 9.44. The van der Waals surface area contributed by atoms with Crippen LogP contribution in [-0.2, 0) is 24.2 Å². The first-order chi connectivity index (χ1) is 13.1. The molecule has 4 nitrogen and oxygen atoms in total. The van der Waals surface area contributed by atoms with Crippen LogP contribution in [0.2, 0.25) is 0 Å². The number of rotatable bonds is 8. The van der Waals surface area contributed by atoms with Crippen LogP contribution in [0, 0.1) is 6.92 Å². The number of aryl methyl sites for hydroxylation is 2. The van der Waals surface area contributed by atoms with Crippen molar-refractivity contribution in [3.63, 3.8) is 0 Å². The van der Waals surface area contributed by atoms with E-state index >= 15 is 0 Å². The van der Waals surface area contributed by atoms with Crippen LogP contribution < -0.4 is 11.1 Å². The number of H-pyrrole nitrogens is 1. The topological polar surface area (TPSA) is 70.9 Å². The molecule has 0 fully saturated rings. The minimum atomic E-state index is -0.431. The number of benzene rings is 2. The van der Waals surface area contributed by atoms with E-state index in [1.54, 1.807) is 6.08 Å². The van der Waals surface area contributed by atoms with Gasteiger partial charge in [-0.3, -0.25) is 4.79 Å². The predicted octanol–water partition coefficient (Wildman–Crippen LogP) is 3.87. The molecular weight excluding hydrogens is 334 g/mol. The van der Waals surface area contributed by atoms with Gasteiger partial charge in [-0.1, -0.05) is 43.3 Å². The highest BCUT2D eigenvalue weighted by Crippen LogP contribution is 2.23. The summed E-state index contributed by atoms with van der Waals surface area (Å²) in [6, 6.07) is 14.8. The Kier molecular flexibility index (Phi) is 6.09. The summed E-state index contributed by atoms with van der Waals surface area (Å²) in [5.41, 5.74) is 12.6. The van der Waals surface area contributed by atoms with Gasteiger partial charge in [-0.15, -0.1) is 0 Å². The van der Waals surface area contributed by atoms with E-state index in [0.717, 1.165) is 31.5 Å². The van der Waals surface area contributed by atoms with Gasteiger partial charge in [0.25, 0.3) is 0 Å². The summed E-state index contributed by atoms with van der Waals surface area (Å²) in [5.74, 6) is -0.431. The summed E-state index contributed by atoms with van der Waals surface area (Å²) >= 11 is 0. The monoisotopic (exact) mass is 361 g/mol. The number of carbonyl (C=O) groups excluding carboxylic acids is 1. The number of hydrogen-bond acceptors (Lipinski definition) is 2. The molecule has 1 heterocycles. The van der Waals surface area contributed by atoms with Crippen molar-refractivity contribution in [1.29, 1.82) is 0 Å². The molecule has 4 N–H and O–H groups in total. The Morgan fingerprint density at radius 1 is 1.15 bits per heavy atom. The van der Waals surface area contributed by atoms with Crippen molar-refractivity contribution in [1.82, 2.24) is 10.3 Å². The molecule has 0 spiro atoms. The Morgan fingerprint density at radius 2 is 1.89 bits per heavy atom. The number of amides is 1. The summed E-state index contributed by atoms with van der Waals surface area (Å²) in [5, 5.41) is 4.82. The Morgan fingerprint density at radius 3 is 2.59 bits per heavy atom. The fourth-order valence-corrected chi connectivity index (χ4v) is 3.34. The zero-order valence-electron chi connectivity index (χ0n) is 16.0. The van der Waals surface area contributed by atoms with E-state index in [-0.39, 0.29) is 0 Å². The normalized spacial score (nSPS) is 11.5. The summed E-state index contributed by atoms with van der Waals surface area (Å²) < 4.78 is 0. The fourth-order valence-electron chi connectivity index (χ4n) is 3.34. The van der Waals surface area contributed by atoms with Gasteiger partial charge >= 0.3 is 0 Å². The number of carbonyl (C=O) groups is 1. The lowest BCUT2D eigenvalue weighted by Gasteiger charge is -2.06. The molecule has 0 bridgehead atoms. The highest BCUT2D eigenvalue weighted by Gasteiger charge is 2.06. The van der Waals surface area contributed by atoms with Crippen LogP contribution in [-0.4, -0.2) is 17.4 Å². The molecule has 140 valence electrons. The third kappa shape index (κ3) is 4.86. The first-order valence-corrected chi connectivity index (χ1v) is 9.44. The van der Waals surface area contributed by atoms with Gasteiger partial charge in [0.1, 0.15) is 0 Å². The highest BCUT2D eigenvalue weighted by atomic mass is 16.1. The van der Waals surface area contributed by atoms with Gasteiger partial charge in [0.2, 0.25) is 5.91 Å². The molecule has 27 heavy (non-hydrogen) atoms. The van der Waals surface area contributed by atoms with E-state index in [2.05, 4.69) is 54.5 Å². The SMILES string of the molecule is CCc1[nH]c2cc(CCNCc3ccc(/C=C/C(N)=O)cc3)ccc2c1C. The van der Waals surface area contributed by atoms with Crippen LogP contribution in [0.5, 0.6) is 0 Å². The molecule has 0 aliphatic carbocycles. The van der Waals surface area contributed by atoms with Gasteiger partial charge in [-0.05, 0) is 60.7 Å². The molecule has 1 aromatic heterocycles. The van der Waals surface area contributed by atoms with Crippen LogP contribution in [0.15, 0.2) is 48.5 Å². The Balaban J connectivity index is 1.51. The number of nitrogens with one attached hydrogen (secondary N) is 2. The molecule has 0 atom stereocenters. The average Bonchev–Trinajstić information content (AvgIpc) is 2.99. The minimum Gasteiger partial charge on any atom is -0.366 e. The second-order valence-corrected chi connectivity index (χ2v) is 6.87. The van der Waals surface area contributed by atoms with E-state index in [4.69, 9.17) is 5.73 Å². The van der Waals surface area contributed by atoms with Gasteiger partial charge in [0, 0.05) is 29.2 Å². The van der Waals surface area contributed by atoms with Crippen LogP contribution in [0.25, 0.3) is 17.0 Å². The standard InChI is InChI=1S/C23H27N3O/c1-3-21-16(2)20-10-8-18(14-22(20)26-21)12-13-25-15-19-6-4-17(5-7-19)9-11-23(24)27/h4-11,14,25-26H,3,12-13,15H2,1-2H3,(H2,24,27)/b11-9+. The Hall–Kier alpha value is -2.85. The predicted molar refractivity (Wildman–Crippen MR) is 112 cm³/mol. The maximum Gasteiger partial charge on any atom is 0.241 e. The summed E-state index contributed by atoms with van der Waals surface area (Å²) in [7, 11) is 0. The summed E-state index contributed by atoms with van der Waals surface area (Å²) in [6.07, 6.45) is 5.13. The van der Waals surface area contributed by atoms with Crippen molar-refractivity contribution in [2.45, 2.75) is 33.2 Å². The van der Waals surface area contributed by atoms with E-state index in [1.807, 2.05) is 12.1 Å². The molecule has 1 amide bonds. The Bertz CT molecular complexity index is 952. The van der Waals surface area contributed by atoms with E-state index in [0.29, 0.717) is 0 Å². The smallest absolute Gasteiger partial charge is 0.241 e. The summed E-state index contributed by atoms with van der Waals surface area (Å²) in [6.45, 7) is 6.12. The highest BCUT2D eigenvalue weighted by molar-refractivity contribution is 5.90. The number of primary amides is 1. The van der Waals surface area contributed by atoms with E-state index < -0.39 is 5.91 Å². The summed E-state index contributed by atoms with van der Waals surface area (Å²) in [4.78, 5) is 14.3. The number of aromatic nitrogens is 1. The fraction of sp³-hybridized carbons (Fsp3) is 0.261. The molecule has 0 saturated heterocycles. The maximum atomic E-state index is 10.8. The molecule has 0 radical (unpaired) electrons. The molecular formula is C23H27N3O. The number of hydrogen-bond donors (Lipinski definition) is 3. The van der Waals surface area contributed by atoms with Gasteiger partial charge < -0.3 is 16.0 Å². The molecule has 0 unspecified atom stereocenters. The maximum absolute atomic E-state index is 10.8. The number of nitrogens with two attached hydrogens (primary N) is 1. The van der Waals surface area contributed by atoms with Crippen LogP contribution in [0.3, 0.4) is 0 Å². The molecule has 3 aromatic rings. The number of aromatic amines is 1. The molecule has 0 saturated carbocycles. The van der Waals surface area contributed by atoms with Gasteiger partial charge in [0.05, 0.1) is 0 Å². The zero-order chi connectivity index (χ0) is 19.2. The van der Waals surface area contributed by atoms with E-state index in [1.165, 1.54) is 39.4 Å². The zero-order valence-corrected chi connectivity index (χ0v) is 16.0. The van der Waals surface area contributed by atoms with Crippen molar-refractivity contribution >= 4 is 22.9 Å². The van der Waals surface area contributed by atoms with Crippen molar-refractivity contribution in [3.8, 4) is 0 Å². The average molecular weight is 361 g/mol. The molecule has 3 rings (SSSR count). The largest absolute Gasteiger partial charge is 0.366 e. The van der Waals surface area contributed by atoms with Gasteiger partial charge in [-0.2, -0.15) is 0 Å². The van der Waals surface area contributed by atoms with Crippen LogP contribution in [0.4, 0.5) is 0 Å². The van der Waals surface area contributed by atoms with E-state index in [9.17, 15) is 4.79 Å². The van der Waals surface area contributed by atoms with Gasteiger partial charge in [0.15, 0.2) is 0 Å². The lowest BCUT2D eigenvalue weighted by atomic mass is 10.1.